The summed E-state index contributed by atoms with van der Waals surface area (Å²) in [6.45, 7) is 3.95. The fourth-order valence-electron chi connectivity index (χ4n) is 3.09. The molecule has 3 aromatic rings. The van der Waals surface area contributed by atoms with Gasteiger partial charge in [0.05, 0.1) is 18.4 Å². The van der Waals surface area contributed by atoms with E-state index in [4.69, 9.17) is 4.74 Å². The predicted molar refractivity (Wildman–Crippen MR) is 107 cm³/mol. The van der Waals surface area contributed by atoms with Crippen LogP contribution in [0, 0.1) is 11.6 Å². The van der Waals surface area contributed by atoms with Gasteiger partial charge in [-0.25, -0.2) is 22.5 Å². The third-order valence-electron chi connectivity index (χ3n) is 4.75. The van der Waals surface area contributed by atoms with Gasteiger partial charge in [-0.05, 0) is 32.0 Å². The Morgan fingerprint density at radius 2 is 1.91 bits per heavy atom. The van der Waals surface area contributed by atoms with E-state index in [-0.39, 0.29) is 24.4 Å². The van der Waals surface area contributed by atoms with Gasteiger partial charge in [0, 0.05) is 25.2 Å². The largest absolute Gasteiger partial charge is 0.473 e. The molecule has 0 aliphatic heterocycles. The summed E-state index contributed by atoms with van der Waals surface area (Å²) in [5.41, 5.74) is -0.647. The molecule has 0 aliphatic carbocycles. The molecule has 0 N–H and O–H groups in total. The van der Waals surface area contributed by atoms with Gasteiger partial charge in [0.15, 0.2) is 5.82 Å². The Hall–Kier alpha value is -3.50. The van der Waals surface area contributed by atoms with E-state index in [1.165, 1.54) is 29.4 Å². The van der Waals surface area contributed by atoms with Gasteiger partial charge in [-0.3, -0.25) is 4.79 Å². The molecule has 0 fully saturated rings. The summed E-state index contributed by atoms with van der Waals surface area (Å²) < 4.78 is 60.7. The van der Waals surface area contributed by atoms with Crippen molar-refractivity contribution in [1.82, 2.24) is 24.9 Å². The lowest BCUT2D eigenvalue weighted by Gasteiger charge is -2.28. The fourth-order valence-corrected chi connectivity index (χ4v) is 3.09. The van der Waals surface area contributed by atoms with Crippen LogP contribution in [0.25, 0.3) is 5.69 Å². The minimum atomic E-state index is -3.24. The number of likely N-dealkylation sites (N-methyl/N-ethyl adjacent to an activating group) is 1. The first-order valence-corrected chi connectivity index (χ1v) is 9.76. The van der Waals surface area contributed by atoms with Crippen molar-refractivity contribution in [2.75, 3.05) is 13.2 Å². The van der Waals surface area contributed by atoms with Crippen LogP contribution in [0.1, 0.15) is 36.7 Å². The molecule has 0 aliphatic rings. The van der Waals surface area contributed by atoms with E-state index < -0.39 is 40.9 Å². The van der Waals surface area contributed by atoms with Crippen molar-refractivity contribution in [2.45, 2.75) is 32.7 Å². The van der Waals surface area contributed by atoms with Crippen LogP contribution >= 0.6 is 0 Å². The van der Waals surface area contributed by atoms with Gasteiger partial charge in [-0.15, -0.1) is 0 Å². The van der Waals surface area contributed by atoms with Gasteiger partial charge in [0.25, 0.3) is 11.8 Å². The SMILES string of the molecule is CCN(C(=O)c1c(F)cccc1-n1nccn1)[C@@H](C)COc1ncc(C(C)(F)F)cc1F. The number of ether oxygens (including phenoxy) is 1. The van der Waals surface area contributed by atoms with Crippen molar-refractivity contribution >= 4 is 5.91 Å². The second kappa shape index (κ2) is 9.33. The van der Waals surface area contributed by atoms with Crippen molar-refractivity contribution in [2.24, 2.45) is 0 Å². The van der Waals surface area contributed by atoms with Crippen molar-refractivity contribution < 1.29 is 27.1 Å². The third-order valence-corrected chi connectivity index (χ3v) is 4.75. The molecular formula is C21H21F4N5O2. The number of rotatable bonds is 8. The summed E-state index contributed by atoms with van der Waals surface area (Å²) in [6, 6.07) is 4.12. The van der Waals surface area contributed by atoms with Gasteiger partial charge in [0.1, 0.15) is 23.7 Å². The molecule has 2 aromatic heterocycles. The number of nitrogens with zero attached hydrogens (tertiary/aromatic N) is 5. The number of benzene rings is 1. The molecule has 0 unspecified atom stereocenters. The predicted octanol–water partition coefficient (Wildman–Crippen LogP) is 3.98. The number of hydrogen-bond acceptors (Lipinski definition) is 5. The maximum Gasteiger partial charge on any atom is 0.272 e. The van der Waals surface area contributed by atoms with E-state index in [0.717, 1.165) is 17.1 Å². The summed E-state index contributed by atoms with van der Waals surface area (Å²) in [4.78, 5) is 19.2. The normalized spacial score (nSPS) is 12.5. The maximum absolute atomic E-state index is 14.6. The van der Waals surface area contributed by atoms with Gasteiger partial charge >= 0.3 is 0 Å². The molecule has 0 spiro atoms. The lowest BCUT2D eigenvalue weighted by Crippen LogP contribution is -2.42. The zero-order valence-corrected chi connectivity index (χ0v) is 17.6. The average molecular weight is 451 g/mol. The summed E-state index contributed by atoms with van der Waals surface area (Å²) in [5, 5.41) is 7.90. The van der Waals surface area contributed by atoms with Crippen LogP contribution in [-0.4, -0.2) is 50.0 Å². The van der Waals surface area contributed by atoms with Crippen molar-refractivity contribution in [3.8, 4) is 11.6 Å². The van der Waals surface area contributed by atoms with Gasteiger partial charge < -0.3 is 9.64 Å². The number of carbonyl (C=O) groups excluding carboxylic acids is 1. The van der Waals surface area contributed by atoms with Gasteiger partial charge in [-0.1, -0.05) is 6.07 Å². The lowest BCUT2D eigenvalue weighted by atomic mass is 10.1. The molecule has 0 saturated heterocycles. The second-order valence-electron chi connectivity index (χ2n) is 7.10. The smallest absolute Gasteiger partial charge is 0.272 e. The highest BCUT2D eigenvalue weighted by Crippen LogP contribution is 2.29. The topological polar surface area (TPSA) is 73.1 Å². The van der Waals surface area contributed by atoms with Gasteiger partial charge in [-0.2, -0.15) is 15.0 Å². The zero-order valence-electron chi connectivity index (χ0n) is 17.6. The highest BCUT2D eigenvalue weighted by atomic mass is 19.3. The molecule has 1 amide bonds. The van der Waals surface area contributed by atoms with Crippen molar-refractivity contribution in [3.63, 3.8) is 0 Å². The van der Waals surface area contributed by atoms with E-state index in [1.807, 2.05) is 0 Å². The molecule has 0 radical (unpaired) electrons. The molecule has 1 atom stereocenters. The molecule has 2 heterocycles. The van der Waals surface area contributed by atoms with E-state index in [1.54, 1.807) is 13.8 Å². The summed E-state index contributed by atoms with van der Waals surface area (Å²) in [5.74, 6) is -6.15. The van der Waals surface area contributed by atoms with Crippen LogP contribution in [0.5, 0.6) is 5.88 Å². The first-order chi connectivity index (χ1) is 15.1. The molecule has 7 nitrogen and oxygen atoms in total. The van der Waals surface area contributed by atoms with Crippen molar-refractivity contribution in [1.29, 1.82) is 0 Å². The second-order valence-corrected chi connectivity index (χ2v) is 7.10. The minimum Gasteiger partial charge on any atom is -0.473 e. The monoisotopic (exact) mass is 451 g/mol. The quantitative estimate of drug-likeness (QED) is 0.485. The maximum atomic E-state index is 14.6. The van der Waals surface area contributed by atoms with Crippen LogP contribution in [0.2, 0.25) is 0 Å². The van der Waals surface area contributed by atoms with Crippen LogP contribution in [0.15, 0.2) is 42.9 Å². The molecule has 32 heavy (non-hydrogen) atoms. The van der Waals surface area contributed by atoms with E-state index in [9.17, 15) is 22.4 Å². The number of alkyl halides is 2. The molecule has 170 valence electrons. The molecule has 0 bridgehead atoms. The Bertz CT molecular complexity index is 1090. The van der Waals surface area contributed by atoms with Crippen molar-refractivity contribution in [3.05, 3.63) is 65.6 Å². The fraction of sp³-hybridized carbons (Fsp3) is 0.333. The molecule has 11 heteroatoms. The number of carbonyl (C=O) groups is 1. The standard InChI is InChI=1S/C21H21F4N5O2/c1-4-29(13(2)12-32-19-16(23)10-14(11-26-19)21(3,24)25)20(31)18-15(22)6-5-7-17(18)30-27-8-9-28-30/h5-11,13H,4,12H2,1-3H3/t13-/m0/s1. The number of hydrogen-bond donors (Lipinski definition) is 0. The van der Waals surface area contributed by atoms with Gasteiger partial charge in [0.2, 0.25) is 5.88 Å². The molecule has 0 saturated carbocycles. The highest BCUT2D eigenvalue weighted by molar-refractivity contribution is 5.98. The van der Waals surface area contributed by atoms with E-state index in [0.29, 0.717) is 13.0 Å². The molecule has 3 rings (SSSR count). The zero-order chi connectivity index (χ0) is 23.5. The lowest BCUT2D eigenvalue weighted by molar-refractivity contribution is 0.0165. The summed E-state index contributed by atoms with van der Waals surface area (Å²) in [6.07, 6.45) is 3.62. The molecular weight excluding hydrogens is 430 g/mol. The first kappa shape index (κ1) is 23.2. The average Bonchev–Trinajstić information content (AvgIpc) is 3.27. The Balaban J connectivity index is 1.79. The molecule has 1 aromatic carbocycles. The van der Waals surface area contributed by atoms with Crippen LogP contribution < -0.4 is 4.74 Å². The van der Waals surface area contributed by atoms with Crippen LogP contribution in [-0.2, 0) is 5.92 Å². The number of amides is 1. The Kier molecular flexibility index (Phi) is 6.75. The Labute approximate surface area is 181 Å². The van der Waals surface area contributed by atoms with E-state index in [2.05, 4.69) is 15.2 Å². The number of pyridine rings is 1. The van der Waals surface area contributed by atoms with E-state index >= 15 is 0 Å². The summed E-state index contributed by atoms with van der Waals surface area (Å²) in [7, 11) is 0. The Morgan fingerprint density at radius 1 is 1.22 bits per heavy atom. The highest BCUT2D eigenvalue weighted by Gasteiger charge is 2.28. The van der Waals surface area contributed by atoms with Crippen LogP contribution in [0.3, 0.4) is 0 Å². The third kappa shape index (κ3) is 4.87. The van der Waals surface area contributed by atoms with Crippen LogP contribution in [0.4, 0.5) is 17.6 Å². The number of aromatic nitrogens is 4. The number of halogens is 4. The Morgan fingerprint density at radius 3 is 2.50 bits per heavy atom. The minimum absolute atomic E-state index is 0.162. The summed E-state index contributed by atoms with van der Waals surface area (Å²) >= 11 is 0. The first-order valence-electron chi connectivity index (χ1n) is 9.76.